The van der Waals surface area contributed by atoms with Crippen molar-refractivity contribution in [2.45, 2.75) is 19.4 Å². The standard InChI is InChI=1S/C10H12ClNO2/c1-7-2-3-9(11)10(12-7)14-8-4-5-13-6-8/h2-3,8H,4-6H2,1H3/t8-/m0/s1. The summed E-state index contributed by atoms with van der Waals surface area (Å²) in [6.45, 7) is 3.30. The quantitative estimate of drug-likeness (QED) is 0.755. The van der Waals surface area contributed by atoms with Crippen LogP contribution in [0, 0.1) is 6.92 Å². The Morgan fingerprint density at radius 2 is 2.43 bits per heavy atom. The normalized spacial score (nSPS) is 21.1. The second-order valence-corrected chi connectivity index (χ2v) is 3.75. The summed E-state index contributed by atoms with van der Waals surface area (Å²) < 4.78 is 10.8. The first-order chi connectivity index (χ1) is 6.75. The lowest BCUT2D eigenvalue weighted by Crippen LogP contribution is -2.16. The van der Waals surface area contributed by atoms with Gasteiger partial charge < -0.3 is 9.47 Å². The van der Waals surface area contributed by atoms with Crippen LogP contribution in [0.3, 0.4) is 0 Å². The van der Waals surface area contributed by atoms with Crippen LogP contribution in [0.25, 0.3) is 0 Å². The average molecular weight is 214 g/mol. The molecule has 0 radical (unpaired) electrons. The summed E-state index contributed by atoms with van der Waals surface area (Å²) in [5.74, 6) is 0.516. The third-order valence-electron chi connectivity index (χ3n) is 2.12. The Balaban J connectivity index is 2.10. The zero-order valence-electron chi connectivity index (χ0n) is 8.00. The number of rotatable bonds is 2. The Morgan fingerprint density at radius 3 is 3.14 bits per heavy atom. The van der Waals surface area contributed by atoms with Crippen molar-refractivity contribution in [2.24, 2.45) is 0 Å². The van der Waals surface area contributed by atoms with Crippen molar-refractivity contribution in [1.29, 1.82) is 0 Å². The minimum absolute atomic E-state index is 0.0989. The first kappa shape index (κ1) is 9.74. The molecule has 76 valence electrons. The summed E-state index contributed by atoms with van der Waals surface area (Å²) >= 11 is 5.95. The minimum Gasteiger partial charge on any atom is -0.471 e. The van der Waals surface area contributed by atoms with Gasteiger partial charge in [0.2, 0.25) is 5.88 Å². The monoisotopic (exact) mass is 213 g/mol. The molecule has 0 unspecified atom stereocenters. The van der Waals surface area contributed by atoms with Gasteiger partial charge in [0.1, 0.15) is 11.1 Å². The van der Waals surface area contributed by atoms with E-state index in [4.69, 9.17) is 21.1 Å². The molecule has 0 aromatic carbocycles. The van der Waals surface area contributed by atoms with Crippen molar-refractivity contribution in [1.82, 2.24) is 4.98 Å². The summed E-state index contributed by atoms with van der Waals surface area (Å²) in [6.07, 6.45) is 1.01. The molecular weight excluding hydrogens is 202 g/mol. The van der Waals surface area contributed by atoms with Gasteiger partial charge in [-0.2, -0.15) is 0 Å². The molecule has 1 fully saturated rings. The second kappa shape index (κ2) is 4.15. The molecule has 0 saturated carbocycles. The fourth-order valence-corrected chi connectivity index (χ4v) is 1.51. The van der Waals surface area contributed by atoms with Crippen LogP contribution < -0.4 is 4.74 Å². The molecule has 4 heteroatoms. The molecule has 0 spiro atoms. The van der Waals surface area contributed by atoms with Gasteiger partial charge in [0.15, 0.2) is 0 Å². The second-order valence-electron chi connectivity index (χ2n) is 3.34. The van der Waals surface area contributed by atoms with Crippen LogP contribution in [-0.4, -0.2) is 24.3 Å². The van der Waals surface area contributed by atoms with Crippen molar-refractivity contribution in [3.05, 3.63) is 22.8 Å². The van der Waals surface area contributed by atoms with Crippen LogP contribution in [-0.2, 0) is 4.74 Å². The Kier molecular flexibility index (Phi) is 2.89. The van der Waals surface area contributed by atoms with E-state index in [0.717, 1.165) is 18.7 Å². The van der Waals surface area contributed by atoms with Crippen molar-refractivity contribution in [2.75, 3.05) is 13.2 Å². The first-order valence-corrected chi connectivity index (χ1v) is 5.01. The fourth-order valence-electron chi connectivity index (χ4n) is 1.36. The highest BCUT2D eigenvalue weighted by molar-refractivity contribution is 6.31. The highest BCUT2D eigenvalue weighted by atomic mass is 35.5. The zero-order valence-corrected chi connectivity index (χ0v) is 8.75. The summed E-state index contributed by atoms with van der Waals surface area (Å²) in [5, 5.41) is 0.558. The van der Waals surface area contributed by atoms with Gasteiger partial charge >= 0.3 is 0 Å². The fraction of sp³-hybridized carbons (Fsp3) is 0.500. The predicted octanol–water partition coefficient (Wildman–Crippen LogP) is 2.21. The van der Waals surface area contributed by atoms with Crippen LogP contribution in [0.4, 0.5) is 0 Å². The SMILES string of the molecule is Cc1ccc(Cl)c(O[C@H]2CCOC2)n1. The van der Waals surface area contributed by atoms with Gasteiger partial charge in [-0.3, -0.25) is 0 Å². The zero-order chi connectivity index (χ0) is 9.97. The van der Waals surface area contributed by atoms with E-state index in [1.165, 1.54) is 0 Å². The molecule has 0 bridgehead atoms. The maximum absolute atomic E-state index is 5.95. The van der Waals surface area contributed by atoms with Crippen LogP contribution in [0.1, 0.15) is 12.1 Å². The number of aryl methyl sites for hydroxylation is 1. The summed E-state index contributed by atoms with van der Waals surface area (Å²) in [4.78, 5) is 4.23. The van der Waals surface area contributed by atoms with Gasteiger partial charge in [0, 0.05) is 12.1 Å². The highest BCUT2D eigenvalue weighted by Gasteiger charge is 2.18. The van der Waals surface area contributed by atoms with Gasteiger partial charge in [-0.05, 0) is 19.1 Å². The smallest absolute Gasteiger partial charge is 0.233 e. The highest BCUT2D eigenvalue weighted by Crippen LogP contribution is 2.24. The van der Waals surface area contributed by atoms with Gasteiger partial charge in [-0.1, -0.05) is 11.6 Å². The molecule has 2 rings (SSSR count). The van der Waals surface area contributed by atoms with Crippen molar-refractivity contribution < 1.29 is 9.47 Å². The molecule has 1 saturated heterocycles. The topological polar surface area (TPSA) is 31.4 Å². The van der Waals surface area contributed by atoms with E-state index < -0.39 is 0 Å². The summed E-state index contributed by atoms with van der Waals surface area (Å²) in [5.41, 5.74) is 0.906. The lowest BCUT2D eigenvalue weighted by atomic mass is 10.3. The Labute approximate surface area is 88.0 Å². The van der Waals surface area contributed by atoms with E-state index in [1.807, 2.05) is 13.0 Å². The number of pyridine rings is 1. The maximum atomic E-state index is 5.95. The number of hydrogen-bond donors (Lipinski definition) is 0. The molecule has 0 amide bonds. The van der Waals surface area contributed by atoms with E-state index in [2.05, 4.69) is 4.98 Å². The molecule has 0 N–H and O–H groups in total. The molecule has 0 aliphatic carbocycles. The molecular formula is C10H12ClNO2. The molecule has 1 aliphatic heterocycles. The van der Waals surface area contributed by atoms with Gasteiger partial charge in [0.05, 0.1) is 13.2 Å². The Hall–Kier alpha value is -0.800. The van der Waals surface area contributed by atoms with Gasteiger partial charge in [-0.15, -0.1) is 0 Å². The largest absolute Gasteiger partial charge is 0.471 e. The molecule has 2 heterocycles. The third-order valence-corrected chi connectivity index (χ3v) is 2.41. The van der Waals surface area contributed by atoms with Gasteiger partial charge in [-0.25, -0.2) is 4.98 Å². The van der Waals surface area contributed by atoms with Crippen LogP contribution in [0.5, 0.6) is 5.88 Å². The van der Waals surface area contributed by atoms with Crippen molar-refractivity contribution in [3.8, 4) is 5.88 Å². The molecule has 3 nitrogen and oxygen atoms in total. The Bertz CT molecular complexity index is 324. The third kappa shape index (κ3) is 2.16. The number of nitrogens with zero attached hydrogens (tertiary/aromatic N) is 1. The van der Waals surface area contributed by atoms with Crippen LogP contribution in [0.15, 0.2) is 12.1 Å². The number of ether oxygens (including phenoxy) is 2. The summed E-state index contributed by atoms with van der Waals surface area (Å²) in [7, 11) is 0. The predicted molar refractivity (Wildman–Crippen MR) is 53.8 cm³/mol. The molecule has 1 aromatic heterocycles. The summed E-state index contributed by atoms with van der Waals surface area (Å²) in [6, 6.07) is 3.66. The van der Waals surface area contributed by atoms with Crippen LogP contribution >= 0.6 is 11.6 Å². The number of aromatic nitrogens is 1. The van der Waals surface area contributed by atoms with E-state index in [9.17, 15) is 0 Å². The van der Waals surface area contributed by atoms with E-state index in [1.54, 1.807) is 6.07 Å². The lowest BCUT2D eigenvalue weighted by molar-refractivity contribution is 0.138. The van der Waals surface area contributed by atoms with Gasteiger partial charge in [0.25, 0.3) is 0 Å². The first-order valence-electron chi connectivity index (χ1n) is 4.63. The molecule has 1 aliphatic rings. The number of halogens is 1. The van der Waals surface area contributed by atoms with E-state index in [-0.39, 0.29) is 6.10 Å². The molecule has 14 heavy (non-hydrogen) atoms. The molecule has 1 atom stereocenters. The maximum Gasteiger partial charge on any atom is 0.233 e. The Morgan fingerprint density at radius 1 is 1.57 bits per heavy atom. The lowest BCUT2D eigenvalue weighted by Gasteiger charge is -2.12. The minimum atomic E-state index is 0.0989. The van der Waals surface area contributed by atoms with Crippen molar-refractivity contribution in [3.63, 3.8) is 0 Å². The van der Waals surface area contributed by atoms with E-state index in [0.29, 0.717) is 17.5 Å². The molecule has 1 aromatic rings. The van der Waals surface area contributed by atoms with E-state index >= 15 is 0 Å². The van der Waals surface area contributed by atoms with Crippen molar-refractivity contribution >= 4 is 11.6 Å². The van der Waals surface area contributed by atoms with Crippen LogP contribution in [0.2, 0.25) is 5.02 Å². The number of hydrogen-bond acceptors (Lipinski definition) is 3. The average Bonchev–Trinajstić information content (AvgIpc) is 2.64.